The number of carbonyl (C=O) groups is 1. The molecule has 0 aliphatic carbocycles. The summed E-state index contributed by atoms with van der Waals surface area (Å²) in [6.45, 7) is 2.66. The van der Waals surface area contributed by atoms with E-state index in [0.717, 1.165) is 14.6 Å². The van der Waals surface area contributed by atoms with Gasteiger partial charge in [-0.25, -0.2) is 0 Å². The third-order valence-electron chi connectivity index (χ3n) is 3.35. The molecule has 0 spiro atoms. The Morgan fingerprint density at radius 1 is 1.50 bits per heavy atom. The lowest BCUT2D eigenvalue weighted by Crippen LogP contribution is -2.38. The SMILES string of the molecule is CC(CNC(=O)c1sc2cccc(Br)c2c1N)N(C)C. The van der Waals surface area contributed by atoms with Gasteiger partial charge in [0.1, 0.15) is 4.88 Å². The first-order valence-corrected chi connectivity index (χ1v) is 7.94. The van der Waals surface area contributed by atoms with Crippen LogP contribution in [0.1, 0.15) is 16.6 Å². The van der Waals surface area contributed by atoms with Crippen LogP contribution < -0.4 is 11.1 Å². The van der Waals surface area contributed by atoms with Crippen molar-refractivity contribution in [3.8, 4) is 0 Å². The number of thiophene rings is 1. The van der Waals surface area contributed by atoms with Crippen molar-refractivity contribution in [3.05, 3.63) is 27.5 Å². The maximum Gasteiger partial charge on any atom is 0.263 e. The molecule has 108 valence electrons. The highest BCUT2D eigenvalue weighted by atomic mass is 79.9. The van der Waals surface area contributed by atoms with Crippen LogP contribution in [0.2, 0.25) is 0 Å². The number of hydrogen-bond acceptors (Lipinski definition) is 4. The minimum atomic E-state index is -0.107. The van der Waals surface area contributed by atoms with Crippen molar-refractivity contribution in [1.82, 2.24) is 10.2 Å². The molecular weight excluding hydrogens is 338 g/mol. The minimum absolute atomic E-state index is 0.107. The number of nitrogens with two attached hydrogens (primary N) is 1. The Morgan fingerprint density at radius 3 is 2.80 bits per heavy atom. The molecule has 1 aromatic carbocycles. The Bertz CT molecular complexity index is 639. The van der Waals surface area contributed by atoms with Gasteiger partial charge in [-0.3, -0.25) is 4.79 Å². The molecular formula is C14H18BrN3OS. The van der Waals surface area contributed by atoms with Crippen molar-refractivity contribution in [1.29, 1.82) is 0 Å². The van der Waals surface area contributed by atoms with Crippen LogP contribution in [0, 0.1) is 0 Å². The van der Waals surface area contributed by atoms with Gasteiger partial charge < -0.3 is 16.0 Å². The minimum Gasteiger partial charge on any atom is -0.397 e. The number of nitrogen functional groups attached to an aromatic ring is 1. The lowest BCUT2D eigenvalue weighted by molar-refractivity contribution is 0.0948. The number of nitrogens with one attached hydrogen (secondary N) is 1. The van der Waals surface area contributed by atoms with Gasteiger partial charge in [0.15, 0.2) is 0 Å². The number of likely N-dealkylation sites (N-methyl/N-ethyl adjacent to an activating group) is 1. The van der Waals surface area contributed by atoms with Crippen LogP contribution in [-0.4, -0.2) is 37.5 Å². The van der Waals surface area contributed by atoms with Crippen molar-refractivity contribution in [2.75, 3.05) is 26.4 Å². The Hall–Kier alpha value is -1.11. The summed E-state index contributed by atoms with van der Waals surface area (Å²) in [5, 5.41) is 3.86. The third-order valence-corrected chi connectivity index (χ3v) is 5.18. The maximum atomic E-state index is 12.3. The molecule has 0 bridgehead atoms. The molecule has 2 rings (SSSR count). The smallest absolute Gasteiger partial charge is 0.263 e. The Labute approximate surface area is 131 Å². The second-order valence-electron chi connectivity index (χ2n) is 4.98. The second kappa shape index (κ2) is 6.11. The van der Waals surface area contributed by atoms with E-state index in [9.17, 15) is 4.79 Å². The fraction of sp³-hybridized carbons (Fsp3) is 0.357. The summed E-state index contributed by atoms with van der Waals surface area (Å²) in [7, 11) is 3.98. The molecule has 1 heterocycles. The van der Waals surface area contributed by atoms with Gasteiger partial charge in [0, 0.05) is 27.1 Å². The summed E-state index contributed by atoms with van der Waals surface area (Å²) in [6.07, 6.45) is 0. The molecule has 0 fully saturated rings. The Balaban J connectivity index is 2.23. The number of amides is 1. The van der Waals surface area contributed by atoms with E-state index >= 15 is 0 Å². The van der Waals surface area contributed by atoms with Gasteiger partial charge in [-0.05, 0) is 33.2 Å². The Morgan fingerprint density at radius 2 is 2.20 bits per heavy atom. The Kier molecular flexibility index (Phi) is 4.67. The topological polar surface area (TPSA) is 58.4 Å². The molecule has 3 N–H and O–H groups in total. The maximum absolute atomic E-state index is 12.3. The molecule has 0 saturated heterocycles. The fourth-order valence-corrected chi connectivity index (χ4v) is 3.58. The predicted molar refractivity (Wildman–Crippen MR) is 89.4 cm³/mol. The lowest BCUT2D eigenvalue weighted by Gasteiger charge is -2.19. The second-order valence-corrected chi connectivity index (χ2v) is 6.89. The summed E-state index contributed by atoms with van der Waals surface area (Å²) in [5.41, 5.74) is 6.66. The van der Waals surface area contributed by atoms with Crippen LogP contribution in [0.5, 0.6) is 0 Å². The van der Waals surface area contributed by atoms with Crippen molar-refractivity contribution >= 4 is 48.9 Å². The quantitative estimate of drug-likeness (QED) is 0.886. The number of hydrogen-bond donors (Lipinski definition) is 2. The molecule has 20 heavy (non-hydrogen) atoms. The van der Waals surface area contributed by atoms with E-state index in [2.05, 4.69) is 33.1 Å². The van der Waals surface area contributed by atoms with Crippen molar-refractivity contribution in [2.24, 2.45) is 0 Å². The normalized spacial score (nSPS) is 12.8. The van der Waals surface area contributed by atoms with Crippen molar-refractivity contribution < 1.29 is 4.79 Å². The molecule has 1 unspecified atom stereocenters. The van der Waals surface area contributed by atoms with Crippen LogP contribution in [0.4, 0.5) is 5.69 Å². The number of halogens is 1. The van der Waals surface area contributed by atoms with Crippen LogP contribution >= 0.6 is 27.3 Å². The van der Waals surface area contributed by atoms with E-state index in [4.69, 9.17) is 5.73 Å². The molecule has 4 nitrogen and oxygen atoms in total. The van der Waals surface area contributed by atoms with E-state index in [1.54, 1.807) is 0 Å². The highest BCUT2D eigenvalue weighted by Crippen LogP contribution is 2.37. The molecule has 1 aromatic heterocycles. The lowest BCUT2D eigenvalue weighted by atomic mass is 10.2. The fourth-order valence-electron chi connectivity index (χ4n) is 1.80. The number of benzene rings is 1. The number of carbonyl (C=O) groups excluding carboxylic acids is 1. The molecule has 1 amide bonds. The summed E-state index contributed by atoms with van der Waals surface area (Å²) < 4.78 is 1.94. The standard InChI is InChI=1S/C14H18BrN3OS/c1-8(18(2)3)7-17-14(19)13-12(16)11-9(15)5-4-6-10(11)20-13/h4-6,8H,7,16H2,1-3H3,(H,17,19). The highest BCUT2D eigenvalue weighted by molar-refractivity contribution is 9.10. The largest absolute Gasteiger partial charge is 0.397 e. The van der Waals surface area contributed by atoms with Gasteiger partial charge in [-0.15, -0.1) is 11.3 Å². The van der Waals surface area contributed by atoms with Crippen LogP contribution in [0.15, 0.2) is 22.7 Å². The molecule has 0 aliphatic heterocycles. The zero-order chi connectivity index (χ0) is 14.9. The van der Waals surface area contributed by atoms with Crippen LogP contribution in [-0.2, 0) is 0 Å². The average Bonchev–Trinajstić information content (AvgIpc) is 2.74. The number of nitrogens with zero attached hydrogens (tertiary/aromatic N) is 1. The summed E-state index contributed by atoms with van der Waals surface area (Å²) >= 11 is 4.91. The van der Waals surface area contributed by atoms with E-state index in [1.807, 2.05) is 32.3 Å². The molecule has 0 aliphatic rings. The summed E-state index contributed by atoms with van der Waals surface area (Å²) in [6, 6.07) is 6.13. The van der Waals surface area contributed by atoms with Gasteiger partial charge in [-0.1, -0.05) is 22.0 Å². The molecule has 6 heteroatoms. The number of rotatable bonds is 4. The zero-order valence-corrected chi connectivity index (χ0v) is 14.1. The van der Waals surface area contributed by atoms with Crippen molar-refractivity contribution in [3.63, 3.8) is 0 Å². The first-order chi connectivity index (χ1) is 9.41. The van der Waals surface area contributed by atoms with Gasteiger partial charge in [0.25, 0.3) is 5.91 Å². The van der Waals surface area contributed by atoms with Crippen LogP contribution in [0.25, 0.3) is 10.1 Å². The first kappa shape index (κ1) is 15.3. The number of anilines is 1. The third kappa shape index (κ3) is 2.97. The predicted octanol–water partition coefficient (Wildman–Crippen LogP) is 2.93. The summed E-state index contributed by atoms with van der Waals surface area (Å²) in [4.78, 5) is 14.9. The van der Waals surface area contributed by atoms with E-state index in [1.165, 1.54) is 11.3 Å². The molecule has 2 aromatic rings. The molecule has 1 atom stereocenters. The average molecular weight is 356 g/mol. The molecule has 0 saturated carbocycles. The van der Waals surface area contributed by atoms with E-state index in [0.29, 0.717) is 17.1 Å². The van der Waals surface area contributed by atoms with Gasteiger partial charge in [0.2, 0.25) is 0 Å². The van der Waals surface area contributed by atoms with E-state index < -0.39 is 0 Å². The van der Waals surface area contributed by atoms with Gasteiger partial charge in [0.05, 0.1) is 5.69 Å². The van der Waals surface area contributed by atoms with E-state index in [-0.39, 0.29) is 11.9 Å². The van der Waals surface area contributed by atoms with Crippen molar-refractivity contribution in [2.45, 2.75) is 13.0 Å². The monoisotopic (exact) mass is 355 g/mol. The zero-order valence-electron chi connectivity index (χ0n) is 11.7. The van der Waals surface area contributed by atoms with Gasteiger partial charge in [-0.2, -0.15) is 0 Å². The molecule has 0 radical (unpaired) electrons. The van der Waals surface area contributed by atoms with Crippen LogP contribution in [0.3, 0.4) is 0 Å². The summed E-state index contributed by atoms with van der Waals surface area (Å²) in [5.74, 6) is -0.107. The van der Waals surface area contributed by atoms with Gasteiger partial charge >= 0.3 is 0 Å². The number of fused-ring (bicyclic) bond motifs is 1. The first-order valence-electron chi connectivity index (χ1n) is 6.33. The highest BCUT2D eigenvalue weighted by Gasteiger charge is 2.18.